The summed E-state index contributed by atoms with van der Waals surface area (Å²) >= 11 is 1.63. The number of carbonyl (C=O) groups is 2. The lowest BCUT2D eigenvalue weighted by Gasteiger charge is -2.24. The van der Waals surface area contributed by atoms with Crippen LogP contribution in [0.25, 0.3) is 0 Å². The summed E-state index contributed by atoms with van der Waals surface area (Å²) in [6.45, 7) is 1.92. The lowest BCUT2D eigenvalue weighted by Crippen LogP contribution is -2.37. The average molecular weight is 293 g/mol. The van der Waals surface area contributed by atoms with Gasteiger partial charge in [0, 0.05) is 24.4 Å². The summed E-state index contributed by atoms with van der Waals surface area (Å²) in [5.74, 6) is -1.59. The zero-order chi connectivity index (χ0) is 14.7. The van der Waals surface area contributed by atoms with Crippen molar-refractivity contribution in [2.75, 3.05) is 7.05 Å². The van der Waals surface area contributed by atoms with E-state index in [1.165, 1.54) is 16.1 Å². The molecular weight excluding hydrogens is 278 g/mol. The van der Waals surface area contributed by atoms with Crippen LogP contribution in [0.15, 0.2) is 23.8 Å². The average Bonchev–Trinajstić information content (AvgIpc) is 3.07. The van der Waals surface area contributed by atoms with Gasteiger partial charge in [-0.3, -0.25) is 4.79 Å². The number of nitrogens with one attached hydrogen (secondary N) is 1. The number of likely N-dealkylation sites (N-methyl/N-ethyl adjacent to an activating group) is 1. The number of aromatic amines is 1. The van der Waals surface area contributed by atoms with Gasteiger partial charge in [0.1, 0.15) is 0 Å². The first-order chi connectivity index (χ1) is 9.50. The van der Waals surface area contributed by atoms with E-state index >= 15 is 0 Å². The molecule has 1 amide bonds. The van der Waals surface area contributed by atoms with E-state index in [0.29, 0.717) is 0 Å². The maximum absolute atomic E-state index is 12.3. The highest BCUT2D eigenvalue weighted by Crippen LogP contribution is 2.15. The molecule has 0 radical (unpaired) electrons. The Labute approximate surface area is 120 Å². The summed E-state index contributed by atoms with van der Waals surface area (Å²) in [7, 11) is 1.65. The number of hydrogen-bond acceptors (Lipinski definition) is 4. The zero-order valence-electron chi connectivity index (χ0n) is 11.2. The van der Waals surface area contributed by atoms with Crippen LogP contribution < -0.4 is 0 Å². The standard InChI is InChI=1S/C13H15N3O3S/c1-8(6-9-4-3-5-20-9)16(2)12(17)10-11(13(18)19)15-7-14-10/h3-5,7-8H,6H2,1-2H3,(H,14,15)(H,18,19). The largest absolute Gasteiger partial charge is 0.477 e. The SMILES string of the molecule is CC(Cc1cccs1)N(C)C(=O)c1nc[nH]c1C(=O)O. The van der Waals surface area contributed by atoms with Gasteiger partial charge in [-0.05, 0) is 18.4 Å². The number of hydrogen-bond donors (Lipinski definition) is 2. The van der Waals surface area contributed by atoms with Crippen LogP contribution in [0, 0.1) is 0 Å². The van der Waals surface area contributed by atoms with Crippen LogP contribution in [0.5, 0.6) is 0 Å². The molecule has 0 saturated carbocycles. The monoisotopic (exact) mass is 293 g/mol. The van der Waals surface area contributed by atoms with Crippen LogP contribution in [0.3, 0.4) is 0 Å². The van der Waals surface area contributed by atoms with E-state index < -0.39 is 11.9 Å². The summed E-state index contributed by atoms with van der Waals surface area (Å²) in [6, 6.07) is 3.93. The van der Waals surface area contributed by atoms with Crippen molar-refractivity contribution in [3.63, 3.8) is 0 Å². The highest BCUT2D eigenvalue weighted by molar-refractivity contribution is 7.09. The number of nitrogens with zero attached hydrogens (tertiary/aromatic N) is 2. The van der Waals surface area contributed by atoms with E-state index in [1.807, 2.05) is 24.4 Å². The summed E-state index contributed by atoms with van der Waals surface area (Å²) in [6.07, 6.45) is 1.95. The van der Waals surface area contributed by atoms with Gasteiger partial charge in [-0.25, -0.2) is 9.78 Å². The van der Waals surface area contributed by atoms with Crippen molar-refractivity contribution >= 4 is 23.2 Å². The highest BCUT2D eigenvalue weighted by atomic mass is 32.1. The van der Waals surface area contributed by atoms with Crippen molar-refractivity contribution in [2.24, 2.45) is 0 Å². The highest BCUT2D eigenvalue weighted by Gasteiger charge is 2.25. The van der Waals surface area contributed by atoms with Gasteiger partial charge >= 0.3 is 5.97 Å². The molecule has 0 bridgehead atoms. The number of carboxylic acids is 1. The Morgan fingerprint density at radius 2 is 2.30 bits per heavy atom. The summed E-state index contributed by atoms with van der Waals surface area (Å²) in [5.41, 5.74) is -0.233. The molecule has 2 aromatic rings. The molecule has 0 fully saturated rings. The predicted octanol–water partition coefficient (Wildman–Crippen LogP) is 1.87. The molecule has 2 aromatic heterocycles. The molecule has 0 aliphatic rings. The topological polar surface area (TPSA) is 86.3 Å². The Hall–Kier alpha value is -2.15. The van der Waals surface area contributed by atoms with E-state index in [-0.39, 0.29) is 17.4 Å². The van der Waals surface area contributed by atoms with Gasteiger partial charge in [-0.15, -0.1) is 11.3 Å². The molecule has 0 spiro atoms. The fourth-order valence-electron chi connectivity index (χ4n) is 1.84. The zero-order valence-corrected chi connectivity index (χ0v) is 12.0. The van der Waals surface area contributed by atoms with Crippen LogP contribution in [-0.4, -0.2) is 44.9 Å². The van der Waals surface area contributed by atoms with Crippen molar-refractivity contribution in [1.82, 2.24) is 14.9 Å². The quantitative estimate of drug-likeness (QED) is 0.881. The van der Waals surface area contributed by atoms with Crippen LogP contribution >= 0.6 is 11.3 Å². The van der Waals surface area contributed by atoms with E-state index in [2.05, 4.69) is 9.97 Å². The Morgan fingerprint density at radius 3 is 2.90 bits per heavy atom. The van der Waals surface area contributed by atoms with E-state index in [0.717, 1.165) is 6.42 Å². The fourth-order valence-corrected chi connectivity index (χ4v) is 2.67. The molecule has 0 aliphatic heterocycles. The number of H-pyrrole nitrogens is 1. The van der Waals surface area contributed by atoms with Crippen molar-refractivity contribution < 1.29 is 14.7 Å². The van der Waals surface area contributed by atoms with Gasteiger partial charge in [0.15, 0.2) is 11.4 Å². The Balaban J connectivity index is 2.11. The number of thiophene rings is 1. The minimum Gasteiger partial charge on any atom is -0.477 e. The molecule has 0 aliphatic carbocycles. The summed E-state index contributed by atoms with van der Waals surface area (Å²) in [4.78, 5) is 32.3. The second-order valence-corrected chi connectivity index (χ2v) is 5.51. The molecule has 2 rings (SSSR count). The second-order valence-electron chi connectivity index (χ2n) is 4.48. The first-order valence-electron chi connectivity index (χ1n) is 6.07. The Kier molecular flexibility index (Phi) is 4.19. The number of amides is 1. The maximum atomic E-state index is 12.3. The number of imidazole rings is 1. The van der Waals surface area contributed by atoms with Gasteiger partial charge < -0.3 is 15.0 Å². The molecule has 0 aromatic carbocycles. The van der Waals surface area contributed by atoms with Crippen molar-refractivity contribution in [3.8, 4) is 0 Å². The van der Waals surface area contributed by atoms with Gasteiger partial charge in [-0.1, -0.05) is 6.07 Å². The Bertz CT molecular complexity index is 606. The molecule has 20 heavy (non-hydrogen) atoms. The first kappa shape index (κ1) is 14.3. The number of aromatic nitrogens is 2. The van der Waals surface area contributed by atoms with Crippen LogP contribution in [0.2, 0.25) is 0 Å². The molecule has 2 N–H and O–H groups in total. The maximum Gasteiger partial charge on any atom is 0.354 e. The normalized spacial score (nSPS) is 12.1. The number of rotatable bonds is 5. The number of carbonyl (C=O) groups excluding carboxylic acids is 1. The minimum atomic E-state index is -1.19. The van der Waals surface area contributed by atoms with Gasteiger partial charge in [0.25, 0.3) is 5.91 Å². The lowest BCUT2D eigenvalue weighted by atomic mass is 10.1. The molecule has 6 nitrogen and oxygen atoms in total. The third kappa shape index (κ3) is 2.88. The third-order valence-electron chi connectivity index (χ3n) is 3.11. The molecule has 1 atom stereocenters. The summed E-state index contributed by atoms with van der Waals surface area (Å²) < 4.78 is 0. The Morgan fingerprint density at radius 1 is 1.55 bits per heavy atom. The third-order valence-corrected chi connectivity index (χ3v) is 4.01. The van der Waals surface area contributed by atoms with E-state index in [1.54, 1.807) is 18.4 Å². The molecule has 0 saturated heterocycles. The molecular formula is C13H15N3O3S. The summed E-state index contributed by atoms with van der Waals surface area (Å²) in [5, 5.41) is 11.0. The lowest BCUT2D eigenvalue weighted by molar-refractivity contribution is 0.0665. The fraction of sp³-hybridized carbons (Fsp3) is 0.308. The predicted molar refractivity (Wildman–Crippen MR) is 75.1 cm³/mol. The van der Waals surface area contributed by atoms with Crippen molar-refractivity contribution in [1.29, 1.82) is 0 Å². The second kappa shape index (κ2) is 5.87. The van der Waals surface area contributed by atoms with Crippen molar-refractivity contribution in [3.05, 3.63) is 40.1 Å². The first-order valence-corrected chi connectivity index (χ1v) is 6.95. The molecule has 7 heteroatoms. The number of carboxylic acid groups (broad SMARTS) is 1. The van der Waals surface area contributed by atoms with Gasteiger partial charge in [0.2, 0.25) is 0 Å². The van der Waals surface area contributed by atoms with E-state index in [9.17, 15) is 9.59 Å². The molecule has 106 valence electrons. The van der Waals surface area contributed by atoms with Crippen molar-refractivity contribution in [2.45, 2.75) is 19.4 Å². The van der Waals surface area contributed by atoms with Crippen LogP contribution in [0.1, 0.15) is 32.8 Å². The van der Waals surface area contributed by atoms with Crippen LogP contribution in [-0.2, 0) is 6.42 Å². The molecule has 2 heterocycles. The smallest absolute Gasteiger partial charge is 0.354 e. The van der Waals surface area contributed by atoms with Gasteiger partial charge in [0.05, 0.1) is 6.33 Å². The molecule has 1 unspecified atom stereocenters. The van der Waals surface area contributed by atoms with E-state index in [4.69, 9.17) is 5.11 Å². The number of aromatic carboxylic acids is 1. The van der Waals surface area contributed by atoms with Crippen LogP contribution in [0.4, 0.5) is 0 Å². The van der Waals surface area contributed by atoms with Gasteiger partial charge in [-0.2, -0.15) is 0 Å². The minimum absolute atomic E-state index is 0.0421.